The predicted molar refractivity (Wildman–Crippen MR) is 73.9 cm³/mol. The van der Waals surface area contributed by atoms with Crippen LogP contribution in [0, 0.1) is 6.92 Å². The Hall–Kier alpha value is -1.07. The van der Waals surface area contributed by atoms with Crippen LogP contribution in [0.1, 0.15) is 24.1 Å². The van der Waals surface area contributed by atoms with Crippen LogP contribution in [0.4, 0.5) is 0 Å². The first-order chi connectivity index (χ1) is 8.37. The maximum atomic E-state index is 11.5. The van der Waals surface area contributed by atoms with E-state index in [2.05, 4.69) is 5.32 Å². The van der Waals surface area contributed by atoms with Crippen molar-refractivity contribution in [1.82, 2.24) is 5.32 Å². The van der Waals surface area contributed by atoms with Crippen LogP contribution in [0.3, 0.4) is 0 Å². The van der Waals surface area contributed by atoms with Crippen LogP contribution in [0.25, 0.3) is 0 Å². The molecule has 0 saturated carbocycles. The van der Waals surface area contributed by atoms with Gasteiger partial charge < -0.3 is 10.1 Å². The molecule has 0 saturated heterocycles. The molecule has 0 aliphatic carbocycles. The zero-order valence-corrected chi connectivity index (χ0v) is 12.2. The van der Waals surface area contributed by atoms with Crippen molar-refractivity contribution in [3.8, 4) is 5.75 Å². The summed E-state index contributed by atoms with van der Waals surface area (Å²) in [5.74, 6) is 0.788. The van der Waals surface area contributed by atoms with Crippen LogP contribution in [0.15, 0.2) is 18.2 Å². The normalized spacial score (nSPS) is 13.3. The van der Waals surface area contributed by atoms with Gasteiger partial charge >= 0.3 is 0 Å². The van der Waals surface area contributed by atoms with Crippen molar-refractivity contribution in [3.05, 3.63) is 29.3 Å². The molecular weight excluding hydrogens is 250 g/mol. The lowest BCUT2D eigenvalue weighted by Crippen LogP contribution is -2.28. The number of aryl methyl sites for hydroxylation is 1. The third-order valence-corrected chi connectivity index (χ3v) is 3.62. The Morgan fingerprint density at radius 1 is 1.39 bits per heavy atom. The van der Waals surface area contributed by atoms with Gasteiger partial charge in [-0.3, -0.25) is 0 Å². The monoisotopic (exact) mass is 271 g/mol. The smallest absolute Gasteiger partial charge is 0.149 e. The predicted octanol–water partition coefficient (Wildman–Crippen LogP) is 1.70. The zero-order valence-electron chi connectivity index (χ0n) is 11.4. The van der Waals surface area contributed by atoms with Crippen LogP contribution in [0.2, 0.25) is 0 Å². The van der Waals surface area contributed by atoms with Gasteiger partial charge in [0.1, 0.15) is 15.6 Å². The maximum absolute atomic E-state index is 11.5. The Bertz CT molecular complexity index is 497. The largest absolute Gasteiger partial charge is 0.496 e. The van der Waals surface area contributed by atoms with Crippen molar-refractivity contribution in [2.75, 3.05) is 25.7 Å². The minimum absolute atomic E-state index is 0.0701. The van der Waals surface area contributed by atoms with Crippen molar-refractivity contribution in [1.29, 1.82) is 0 Å². The molecule has 0 bridgehead atoms. The first-order valence-electron chi connectivity index (χ1n) is 5.93. The molecular formula is C13H21NO3S. The highest BCUT2D eigenvalue weighted by molar-refractivity contribution is 7.90. The summed E-state index contributed by atoms with van der Waals surface area (Å²) in [5.41, 5.74) is 1.98. The standard InChI is InChI=1S/C13H21NO3S/c1-5-14-12(9-18(4,15)16)11-8-10(2)6-7-13(11)17-3/h6-8,12,14H,5,9H2,1-4H3. The molecule has 5 heteroatoms. The topological polar surface area (TPSA) is 55.4 Å². The van der Waals surface area contributed by atoms with Crippen molar-refractivity contribution in [2.45, 2.75) is 19.9 Å². The average molecular weight is 271 g/mol. The number of hydrogen-bond acceptors (Lipinski definition) is 4. The summed E-state index contributed by atoms with van der Waals surface area (Å²) in [6.45, 7) is 4.64. The summed E-state index contributed by atoms with van der Waals surface area (Å²) in [6, 6.07) is 5.56. The minimum Gasteiger partial charge on any atom is -0.496 e. The fraction of sp³-hybridized carbons (Fsp3) is 0.538. The number of benzene rings is 1. The second-order valence-corrected chi connectivity index (χ2v) is 6.63. The van der Waals surface area contributed by atoms with E-state index in [1.807, 2.05) is 32.0 Å². The molecule has 0 aliphatic heterocycles. The van der Waals surface area contributed by atoms with E-state index in [0.29, 0.717) is 6.54 Å². The van der Waals surface area contributed by atoms with Crippen molar-refractivity contribution < 1.29 is 13.2 Å². The molecule has 102 valence electrons. The first kappa shape index (κ1) is 15.0. The molecule has 1 N–H and O–H groups in total. The highest BCUT2D eigenvalue weighted by Gasteiger charge is 2.20. The van der Waals surface area contributed by atoms with E-state index < -0.39 is 9.84 Å². The molecule has 0 spiro atoms. The quantitative estimate of drug-likeness (QED) is 0.855. The van der Waals surface area contributed by atoms with E-state index in [0.717, 1.165) is 16.9 Å². The van der Waals surface area contributed by atoms with Crippen LogP contribution >= 0.6 is 0 Å². The van der Waals surface area contributed by atoms with Gasteiger partial charge in [-0.2, -0.15) is 0 Å². The number of ether oxygens (including phenoxy) is 1. The number of nitrogens with one attached hydrogen (secondary N) is 1. The summed E-state index contributed by atoms with van der Waals surface area (Å²) in [5, 5.41) is 3.20. The summed E-state index contributed by atoms with van der Waals surface area (Å²) in [4.78, 5) is 0. The molecule has 0 aliphatic rings. The Kier molecular flexibility index (Phi) is 5.16. The maximum Gasteiger partial charge on any atom is 0.149 e. The Morgan fingerprint density at radius 2 is 2.06 bits per heavy atom. The van der Waals surface area contributed by atoms with Gasteiger partial charge in [-0.05, 0) is 19.5 Å². The van der Waals surface area contributed by atoms with E-state index in [-0.39, 0.29) is 11.8 Å². The molecule has 1 aromatic rings. The average Bonchev–Trinajstić information content (AvgIpc) is 2.26. The van der Waals surface area contributed by atoms with Gasteiger partial charge in [0.05, 0.1) is 12.9 Å². The van der Waals surface area contributed by atoms with Crippen LogP contribution in [-0.2, 0) is 9.84 Å². The highest BCUT2D eigenvalue weighted by Crippen LogP contribution is 2.27. The van der Waals surface area contributed by atoms with Crippen molar-refractivity contribution in [3.63, 3.8) is 0 Å². The Balaban J connectivity index is 3.15. The molecule has 18 heavy (non-hydrogen) atoms. The van der Waals surface area contributed by atoms with Crippen molar-refractivity contribution >= 4 is 9.84 Å². The fourth-order valence-electron chi connectivity index (χ4n) is 1.93. The summed E-state index contributed by atoms with van der Waals surface area (Å²) in [7, 11) is -1.45. The molecule has 1 aromatic carbocycles. The van der Waals surface area contributed by atoms with Gasteiger partial charge in [0.2, 0.25) is 0 Å². The Labute approximate surface area is 109 Å². The van der Waals surface area contributed by atoms with Crippen LogP contribution in [0.5, 0.6) is 5.75 Å². The molecule has 4 nitrogen and oxygen atoms in total. The zero-order chi connectivity index (χ0) is 13.8. The second-order valence-electron chi connectivity index (χ2n) is 4.45. The number of hydrogen-bond donors (Lipinski definition) is 1. The number of methoxy groups -OCH3 is 1. The van der Waals surface area contributed by atoms with E-state index >= 15 is 0 Å². The van der Waals surface area contributed by atoms with Gasteiger partial charge in [0, 0.05) is 17.9 Å². The van der Waals surface area contributed by atoms with Crippen LogP contribution < -0.4 is 10.1 Å². The lowest BCUT2D eigenvalue weighted by molar-refractivity contribution is 0.402. The lowest BCUT2D eigenvalue weighted by atomic mass is 10.0. The number of sulfone groups is 1. The highest BCUT2D eigenvalue weighted by atomic mass is 32.2. The van der Waals surface area contributed by atoms with E-state index in [9.17, 15) is 8.42 Å². The van der Waals surface area contributed by atoms with Gasteiger partial charge in [-0.25, -0.2) is 8.42 Å². The molecule has 0 fully saturated rings. The summed E-state index contributed by atoms with van der Waals surface area (Å²) < 4.78 is 28.3. The lowest BCUT2D eigenvalue weighted by Gasteiger charge is -2.20. The van der Waals surface area contributed by atoms with Gasteiger partial charge in [0.15, 0.2) is 0 Å². The van der Waals surface area contributed by atoms with Crippen molar-refractivity contribution in [2.24, 2.45) is 0 Å². The molecule has 0 heterocycles. The van der Waals surface area contributed by atoms with E-state index in [4.69, 9.17) is 4.74 Å². The molecule has 1 rings (SSSR count). The van der Waals surface area contributed by atoms with Gasteiger partial charge in [0.25, 0.3) is 0 Å². The van der Waals surface area contributed by atoms with Crippen LogP contribution in [-0.4, -0.2) is 34.1 Å². The SMILES string of the molecule is CCNC(CS(C)(=O)=O)c1cc(C)ccc1OC. The van der Waals surface area contributed by atoms with E-state index in [1.165, 1.54) is 6.26 Å². The Morgan fingerprint density at radius 3 is 2.56 bits per heavy atom. The minimum atomic E-state index is -3.05. The van der Waals surface area contributed by atoms with Gasteiger partial charge in [-0.1, -0.05) is 24.6 Å². The molecule has 1 unspecified atom stereocenters. The fourth-order valence-corrected chi connectivity index (χ4v) is 2.84. The first-order valence-corrected chi connectivity index (χ1v) is 7.99. The third kappa shape index (κ3) is 4.31. The summed E-state index contributed by atoms with van der Waals surface area (Å²) >= 11 is 0. The second kappa shape index (κ2) is 6.20. The van der Waals surface area contributed by atoms with Gasteiger partial charge in [-0.15, -0.1) is 0 Å². The molecule has 0 aromatic heterocycles. The van der Waals surface area contributed by atoms with E-state index in [1.54, 1.807) is 7.11 Å². The molecule has 0 radical (unpaired) electrons. The number of rotatable bonds is 6. The molecule has 1 atom stereocenters. The third-order valence-electron chi connectivity index (χ3n) is 2.68. The molecule has 0 amide bonds. The summed E-state index contributed by atoms with van der Waals surface area (Å²) in [6.07, 6.45) is 1.25.